The highest BCUT2D eigenvalue weighted by Crippen LogP contribution is 2.31. The molecular formula is C20H35NO2Si. The molecule has 0 heterocycles. The third-order valence-electron chi connectivity index (χ3n) is 4.41. The highest BCUT2D eigenvalue weighted by Gasteiger charge is 2.33. The summed E-state index contributed by atoms with van der Waals surface area (Å²) in [4.78, 5) is 13.5. The van der Waals surface area contributed by atoms with Crippen molar-refractivity contribution in [2.24, 2.45) is 5.92 Å². The number of hydrogen-bond donors (Lipinski definition) is 1. The Hall–Kier alpha value is -1.21. The third-order valence-corrected chi connectivity index (χ3v) is 5.30. The standard InChI is InChI=1S/C20H35NO2Si/c1-20(2,3)21(19(22)23)18(14-10-11-15-24(4,5)6)16-17-12-8-7-9-13-17/h10,14,17-18H,7-9,12-13,16H2,1-6H3,(H,22,23)/t18-/m1/s1. The van der Waals surface area contributed by atoms with Crippen LogP contribution < -0.4 is 0 Å². The molecule has 1 saturated carbocycles. The normalized spacial score (nSPS) is 18.1. The lowest BCUT2D eigenvalue weighted by atomic mass is 9.83. The van der Waals surface area contributed by atoms with Crippen LogP contribution in [0.15, 0.2) is 12.2 Å². The predicted octanol–water partition coefficient (Wildman–Crippen LogP) is 5.54. The fraction of sp³-hybridized carbons (Fsp3) is 0.750. The average Bonchev–Trinajstić information content (AvgIpc) is 2.41. The summed E-state index contributed by atoms with van der Waals surface area (Å²) in [5, 5.41) is 9.76. The molecule has 0 aromatic heterocycles. The van der Waals surface area contributed by atoms with Crippen molar-refractivity contribution in [1.29, 1.82) is 0 Å². The van der Waals surface area contributed by atoms with Gasteiger partial charge in [0.1, 0.15) is 8.07 Å². The third kappa shape index (κ3) is 7.57. The molecule has 4 heteroatoms. The molecule has 0 aromatic rings. The first-order valence-corrected chi connectivity index (χ1v) is 12.7. The second kappa shape index (κ2) is 8.76. The van der Waals surface area contributed by atoms with E-state index in [4.69, 9.17) is 0 Å². The molecule has 0 saturated heterocycles. The minimum atomic E-state index is -1.40. The average molecular weight is 350 g/mol. The van der Waals surface area contributed by atoms with Crippen LogP contribution in [0.1, 0.15) is 59.3 Å². The Bertz CT molecular complexity index is 496. The number of nitrogens with zero attached hydrogens (tertiary/aromatic N) is 1. The molecule has 1 aliphatic carbocycles. The van der Waals surface area contributed by atoms with Gasteiger partial charge in [-0.05, 0) is 39.2 Å². The van der Waals surface area contributed by atoms with Crippen LogP contribution in [-0.2, 0) is 0 Å². The first-order chi connectivity index (χ1) is 11.0. The van der Waals surface area contributed by atoms with Crippen LogP contribution in [0.25, 0.3) is 0 Å². The van der Waals surface area contributed by atoms with E-state index in [1.54, 1.807) is 4.90 Å². The molecular weight excluding hydrogens is 314 g/mol. The maximum Gasteiger partial charge on any atom is 0.408 e. The van der Waals surface area contributed by atoms with Gasteiger partial charge in [-0.25, -0.2) is 4.79 Å². The van der Waals surface area contributed by atoms with Crippen molar-refractivity contribution in [3.05, 3.63) is 12.2 Å². The first kappa shape index (κ1) is 20.8. The van der Waals surface area contributed by atoms with Crippen molar-refractivity contribution in [2.75, 3.05) is 0 Å². The van der Waals surface area contributed by atoms with Gasteiger partial charge in [0, 0.05) is 5.54 Å². The van der Waals surface area contributed by atoms with E-state index in [1.807, 2.05) is 32.9 Å². The number of hydrogen-bond acceptors (Lipinski definition) is 1. The van der Waals surface area contributed by atoms with Crippen molar-refractivity contribution < 1.29 is 9.90 Å². The van der Waals surface area contributed by atoms with Gasteiger partial charge in [0.05, 0.1) is 6.04 Å². The Morgan fingerprint density at radius 3 is 2.29 bits per heavy atom. The second-order valence-corrected chi connectivity index (χ2v) is 13.8. The summed E-state index contributed by atoms with van der Waals surface area (Å²) < 4.78 is 0. The van der Waals surface area contributed by atoms with Gasteiger partial charge in [-0.1, -0.05) is 63.7 Å². The van der Waals surface area contributed by atoms with E-state index in [-0.39, 0.29) is 6.04 Å². The fourth-order valence-corrected chi connectivity index (χ4v) is 3.89. The van der Waals surface area contributed by atoms with Gasteiger partial charge in [-0.15, -0.1) is 5.54 Å². The zero-order valence-corrected chi connectivity index (χ0v) is 17.4. The SMILES string of the molecule is CC(C)(C)N(C(=O)O)[C@H](C=CC#C[Si](C)(C)C)CC1CCCCC1. The predicted molar refractivity (Wildman–Crippen MR) is 105 cm³/mol. The van der Waals surface area contributed by atoms with Crippen LogP contribution in [0, 0.1) is 17.4 Å². The topological polar surface area (TPSA) is 40.5 Å². The molecule has 24 heavy (non-hydrogen) atoms. The van der Waals surface area contributed by atoms with Crippen LogP contribution in [0.2, 0.25) is 19.6 Å². The Morgan fingerprint density at radius 2 is 1.83 bits per heavy atom. The van der Waals surface area contributed by atoms with Crippen LogP contribution in [-0.4, -0.2) is 35.8 Å². The Labute approximate surface area is 149 Å². The van der Waals surface area contributed by atoms with Crippen molar-refractivity contribution >= 4 is 14.2 Å². The lowest BCUT2D eigenvalue weighted by Crippen LogP contribution is -2.51. The highest BCUT2D eigenvalue weighted by atomic mass is 28.3. The minimum absolute atomic E-state index is 0.0958. The minimum Gasteiger partial charge on any atom is -0.465 e. The summed E-state index contributed by atoms with van der Waals surface area (Å²) >= 11 is 0. The lowest BCUT2D eigenvalue weighted by molar-refractivity contribution is 0.0735. The smallest absolute Gasteiger partial charge is 0.408 e. The number of carboxylic acid groups (broad SMARTS) is 1. The monoisotopic (exact) mass is 349 g/mol. The molecule has 1 fully saturated rings. The molecule has 0 bridgehead atoms. The zero-order chi connectivity index (χ0) is 18.4. The molecule has 0 unspecified atom stereocenters. The molecule has 1 N–H and O–H groups in total. The van der Waals surface area contributed by atoms with Gasteiger partial charge < -0.3 is 5.11 Å². The molecule has 1 amide bonds. The van der Waals surface area contributed by atoms with Gasteiger partial charge >= 0.3 is 6.09 Å². The molecule has 0 aliphatic heterocycles. The summed E-state index contributed by atoms with van der Waals surface area (Å²) in [6.07, 6.45) is 10.3. The van der Waals surface area contributed by atoms with Crippen LogP contribution in [0.3, 0.4) is 0 Å². The van der Waals surface area contributed by atoms with E-state index in [9.17, 15) is 9.90 Å². The van der Waals surface area contributed by atoms with Crippen molar-refractivity contribution in [3.63, 3.8) is 0 Å². The molecule has 136 valence electrons. The zero-order valence-electron chi connectivity index (χ0n) is 16.4. The van der Waals surface area contributed by atoms with Crippen LogP contribution in [0.4, 0.5) is 4.79 Å². The number of rotatable bonds is 4. The Morgan fingerprint density at radius 1 is 1.25 bits per heavy atom. The van der Waals surface area contributed by atoms with Crippen LogP contribution >= 0.6 is 0 Å². The molecule has 0 spiro atoms. The number of allylic oxidation sites excluding steroid dienone is 1. The van der Waals surface area contributed by atoms with Crippen molar-refractivity contribution in [3.8, 4) is 11.5 Å². The summed E-state index contributed by atoms with van der Waals surface area (Å²) in [5.41, 5.74) is 2.91. The second-order valence-electron chi connectivity index (χ2n) is 9.01. The Kier molecular flexibility index (Phi) is 7.60. The largest absolute Gasteiger partial charge is 0.465 e. The van der Waals surface area contributed by atoms with E-state index in [2.05, 4.69) is 31.1 Å². The maximum atomic E-state index is 11.9. The van der Waals surface area contributed by atoms with E-state index in [0.29, 0.717) is 5.92 Å². The summed E-state index contributed by atoms with van der Waals surface area (Å²) in [5.74, 6) is 3.78. The highest BCUT2D eigenvalue weighted by molar-refractivity contribution is 6.83. The summed E-state index contributed by atoms with van der Waals surface area (Å²) in [7, 11) is -1.40. The maximum absolute atomic E-state index is 11.9. The van der Waals surface area contributed by atoms with E-state index in [1.165, 1.54) is 32.1 Å². The molecule has 1 aliphatic rings. The Balaban J connectivity index is 2.97. The summed E-state index contributed by atoms with van der Waals surface area (Å²) in [6.45, 7) is 12.5. The van der Waals surface area contributed by atoms with Crippen LogP contribution in [0.5, 0.6) is 0 Å². The molecule has 0 aromatic carbocycles. The first-order valence-electron chi connectivity index (χ1n) is 9.22. The van der Waals surface area contributed by atoms with Gasteiger partial charge in [0.25, 0.3) is 0 Å². The summed E-state index contributed by atoms with van der Waals surface area (Å²) in [6, 6.07) is -0.0958. The quantitative estimate of drug-likeness (QED) is 0.534. The van der Waals surface area contributed by atoms with Gasteiger partial charge in [-0.2, -0.15) is 0 Å². The van der Waals surface area contributed by atoms with Gasteiger partial charge in [0.2, 0.25) is 0 Å². The fourth-order valence-electron chi connectivity index (χ4n) is 3.38. The molecule has 1 atom stereocenters. The van der Waals surface area contributed by atoms with E-state index >= 15 is 0 Å². The van der Waals surface area contributed by atoms with Crippen molar-refractivity contribution in [2.45, 2.75) is 90.5 Å². The van der Waals surface area contributed by atoms with Gasteiger partial charge in [0.15, 0.2) is 0 Å². The molecule has 1 rings (SSSR count). The number of carbonyl (C=O) groups is 1. The van der Waals surface area contributed by atoms with Crippen molar-refractivity contribution in [1.82, 2.24) is 4.90 Å². The number of amides is 1. The lowest BCUT2D eigenvalue weighted by Gasteiger charge is -2.40. The molecule has 0 radical (unpaired) electrons. The van der Waals surface area contributed by atoms with E-state index in [0.717, 1.165) is 6.42 Å². The van der Waals surface area contributed by atoms with E-state index < -0.39 is 19.7 Å². The van der Waals surface area contributed by atoms with Gasteiger partial charge in [-0.3, -0.25) is 4.90 Å². The molecule has 3 nitrogen and oxygen atoms in total.